The zero-order chi connectivity index (χ0) is 24.6. The van der Waals surface area contributed by atoms with Gasteiger partial charge in [-0.3, -0.25) is 10.1 Å². The van der Waals surface area contributed by atoms with E-state index in [-0.39, 0.29) is 29.3 Å². The molecule has 2 N–H and O–H groups in total. The number of benzene rings is 1. The van der Waals surface area contributed by atoms with Gasteiger partial charge in [0.2, 0.25) is 17.4 Å². The van der Waals surface area contributed by atoms with Gasteiger partial charge >= 0.3 is 5.69 Å². The second kappa shape index (κ2) is 9.39. The lowest BCUT2D eigenvalue weighted by molar-refractivity contribution is -0.383. The van der Waals surface area contributed by atoms with Gasteiger partial charge in [-0.05, 0) is 79.4 Å². The second-order valence-electron chi connectivity index (χ2n) is 10.3. The molecule has 1 aromatic carbocycles. The van der Waals surface area contributed by atoms with Gasteiger partial charge in [-0.2, -0.15) is 0 Å². The number of ether oxygens (including phenoxy) is 3. The van der Waals surface area contributed by atoms with Crippen molar-refractivity contribution >= 4 is 17.3 Å². The summed E-state index contributed by atoms with van der Waals surface area (Å²) in [6.07, 6.45) is 9.11. The number of methoxy groups -OCH3 is 3. The van der Waals surface area contributed by atoms with Crippen LogP contribution >= 0.6 is 0 Å². The third-order valence-corrected chi connectivity index (χ3v) is 7.99. The van der Waals surface area contributed by atoms with Gasteiger partial charge in [0.25, 0.3) is 0 Å². The van der Waals surface area contributed by atoms with Crippen molar-refractivity contribution in [1.29, 1.82) is 0 Å². The number of anilines is 2. The third-order valence-electron chi connectivity index (χ3n) is 7.99. The predicted octanol–water partition coefficient (Wildman–Crippen LogP) is 4.65. The molecule has 4 aliphatic rings. The molecule has 35 heavy (non-hydrogen) atoms. The van der Waals surface area contributed by atoms with Gasteiger partial charge < -0.3 is 24.8 Å². The first-order valence-corrected chi connectivity index (χ1v) is 12.2. The van der Waals surface area contributed by atoms with E-state index in [1.807, 2.05) is 0 Å². The number of rotatable bonds is 10. The van der Waals surface area contributed by atoms with Crippen LogP contribution in [0.4, 0.5) is 17.3 Å². The van der Waals surface area contributed by atoms with Crippen molar-refractivity contribution in [2.75, 3.05) is 38.5 Å². The lowest BCUT2D eigenvalue weighted by Gasteiger charge is -2.56. The monoisotopic (exact) mass is 483 g/mol. The maximum absolute atomic E-state index is 12.1. The summed E-state index contributed by atoms with van der Waals surface area (Å²) < 4.78 is 16.2. The number of nitro groups is 1. The topological polar surface area (TPSA) is 121 Å². The SMILES string of the molecule is COc1cc(CNc2ncnc(NCC34CC5CC(CC(C5)C3)C4)c2[N+](=O)[O-])cc(OC)c1OC. The zero-order valence-corrected chi connectivity index (χ0v) is 20.5. The molecule has 0 radical (unpaired) electrons. The van der Waals surface area contributed by atoms with Crippen LogP contribution in [0.3, 0.4) is 0 Å². The lowest BCUT2D eigenvalue weighted by atomic mass is 9.49. The molecular formula is C25H33N5O5. The first-order chi connectivity index (χ1) is 16.9. The standard InChI is InChI=1S/C25H33N5O5/c1-33-19-7-18(8-20(34-2)22(19)35-3)12-26-23-21(30(31)32)24(29-14-28-23)27-13-25-9-15-4-16(10-25)6-17(5-15)11-25/h7-8,14-17H,4-6,9-13H2,1-3H3,(H2,26,27,28,29). The van der Waals surface area contributed by atoms with Crippen LogP contribution in [0, 0.1) is 33.3 Å². The van der Waals surface area contributed by atoms with E-state index in [1.54, 1.807) is 33.5 Å². The van der Waals surface area contributed by atoms with E-state index >= 15 is 0 Å². The van der Waals surface area contributed by atoms with E-state index in [0.29, 0.717) is 17.2 Å². The molecule has 4 bridgehead atoms. The molecule has 1 aromatic heterocycles. The number of nitrogens with one attached hydrogen (secondary N) is 2. The first-order valence-electron chi connectivity index (χ1n) is 12.2. The highest BCUT2D eigenvalue weighted by atomic mass is 16.6. The Morgan fingerprint density at radius 1 is 0.943 bits per heavy atom. The molecule has 10 nitrogen and oxygen atoms in total. The summed E-state index contributed by atoms with van der Waals surface area (Å²) in [5.74, 6) is 4.41. The minimum atomic E-state index is -0.417. The molecule has 4 saturated carbocycles. The Kier molecular flexibility index (Phi) is 6.29. The van der Waals surface area contributed by atoms with Crippen LogP contribution in [-0.2, 0) is 6.54 Å². The molecule has 1 heterocycles. The van der Waals surface area contributed by atoms with Crippen molar-refractivity contribution in [3.05, 3.63) is 34.1 Å². The molecule has 0 atom stereocenters. The number of hydrogen-bond acceptors (Lipinski definition) is 9. The summed E-state index contributed by atoms with van der Waals surface area (Å²) in [6.45, 7) is 1.00. The summed E-state index contributed by atoms with van der Waals surface area (Å²) in [6, 6.07) is 3.60. The van der Waals surface area contributed by atoms with Gasteiger partial charge in [0.1, 0.15) is 6.33 Å². The van der Waals surface area contributed by atoms with Crippen molar-refractivity contribution in [3.63, 3.8) is 0 Å². The fraction of sp³-hybridized carbons (Fsp3) is 0.600. The van der Waals surface area contributed by atoms with Gasteiger partial charge in [0.15, 0.2) is 11.5 Å². The lowest BCUT2D eigenvalue weighted by Crippen LogP contribution is -2.49. The van der Waals surface area contributed by atoms with Crippen LogP contribution in [-0.4, -0.2) is 42.8 Å². The van der Waals surface area contributed by atoms with Gasteiger partial charge in [-0.25, -0.2) is 9.97 Å². The van der Waals surface area contributed by atoms with Crippen LogP contribution in [0.5, 0.6) is 17.2 Å². The van der Waals surface area contributed by atoms with Crippen molar-refractivity contribution in [3.8, 4) is 17.2 Å². The minimum absolute atomic E-state index is 0.135. The quantitative estimate of drug-likeness (QED) is 0.367. The van der Waals surface area contributed by atoms with Gasteiger partial charge in [-0.1, -0.05) is 0 Å². The van der Waals surface area contributed by atoms with E-state index in [1.165, 1.54) is 44.9 Å². The Bertz CT molecular complexity index is 1050. The normalized spacial score (nSPS) is 26.3. The highest BCUT2D eigenvalue weighted by Crippen LogP contribution is 2.60. The Labute approximate surface area is 204 Å². The summed E-state index contributed by atoms with van der Waals surface area (Å²) in [4.78, 5) is 20.1. The van der Waals surface area contributed by atoms with E-state index in [0.717, 1.165) is 29.9 Å². The third kappa shape index (κ3) is 4.53. The maximum atomic E-state index is 12.1. The van der Waals surface area contributed by atoms with E-state index < -0.39 is 4.92 Å². The van der Waals surface area contributed by atoms with Crippen molar-refractivity contribution < 1.29 is 19.1 Å². The van der Waals surface area contributed by atoms with Crippen molar-refractivity contribution in [2.45, 2.75) is 45.1 Å². The Morgan fingerprint density at radius 2 is 1.49 bits per heavy atom. The van der Waals surface area contributed by atoms with Crippen LogP contribution in [0.1, 0.15) is 44.1 Å². The van der Waals surface area contributed by atoms with Crippen LogP contribution < -0.4 is 24.8 Å². The first kappa shape index (κ1) is 23.4. The molecule has 0 unspecified atom stereocenters. The molecule has 0 aliphatic heterocycles. The van der Waals surface area contributed by atoms with Gasteiger partial charge in [0.05, 0.1) is 26.3 Å². The molecule has 188 valence electrons. The number of hydrogen-bond donors (Lipinski definition) is 2. The summed E-state index contributed by atoms with van der Waals surface area (Å²) in [7, 11) is 4.64. The molecule has 0 amide bonds. The van der Waals surface area contributed by atoms with E-state index in [9.17, 15) is 10.1 Å². The Morgan fingerprint density at radius 3 is 1.97 bits per heavy atom. The van der Waals surface area contributed by atoms with Crippen molar-refractivity contribution in [2.24, 2.45) is 23.2 Å². The average molecular weight is 484 g/mol. The van der Waals surface area contributed by atoms with Gasteiger partial charge in [-0.15, -0.1) is 0 Å². The Hall–Kier alpha value is -3.30. The van der Waals surface area contributed by atoms with Crippen LogP contribution in [0.15, 0.2) is 18.5 Å². The maximum Gasteiger partial charge on any atom is 0.353 e. The number of aromatic nitrogens is 2. The van der Waals surface area contributed by atoms with Gasteiger partial charge in [0, 0.05) is 13.1 Å². The largest absolute Gasteiger partial charge is 0.493 e. The van der Waals surface area contributed by atoms with E-state index in [4.69, 9.17) is 14.2 Å². The molecule has 4 aliphatic carbocycles. The summed E-state index contributed by atoms with van der Waals surface area (Å²) in [5, 5.41) is 18.5. The summed E-state index contributed by atoms with van der Waals surface area (Å²) >= 11 is 0. The fourth-order valence-corrected chi connectivity index (χ4v) is 7.01. The molecule has 2 aromatic rings. The summed E-state index contributed by atoms with van der Waals surface area (Å²) in [5.41, 5.74) is 0.900. The highest BCUT2D eigenvalue weighted by molar-refractivity contribution is 5.69. The highest BCUT2D eigenvalue weighted by Gasteiger charge is 2.50. The fourth-order valence-electron chi connectivity index (χ4n) is 7.01. The zero-order valence-electron chi connectivity index (χ0n) is 20.5. The Balaban J connectivity index is 1.33. The molecule has 4 fully saturated rings. The van der Waals surface area contributed by atoms with Crippen LogP contribution in [0.25, 0.3) is 0 Å². The van der Waals surface area contributed by atoms with Crippen LogP contribution in [0.2, 0.25) is 0 Å². The molecule has 10 heteroatoms. The smallest absolute Gasteiger partial charge is 0.353 e. The average Bonchev–Trinajstić information content (AvgIpc) is 2.84. The molecular weight excluding hydrogens is 450 g/mol. The van der Waals surface area contributed by atoms with Crippen molar-refractivity contribution in [1.82, 2.24) is 9.97 Å². The second-order valence-corrected chi connectivity index (χ2v) is 10.3. The molecule has 0 spiro atoms. The molecule has 6 rings (SSSR count). The minimum Gasteiger partial charge on any atom is -0.493 e. The van der Waals surface area contributed by atoms with E-state index in [2.05, 4.69) is 20.6 Å². The predicted molar refractivity (Wildman–Crippen MR) is 131 cm³/mol. The molecule has 0 saturated heterocycles. The number of nitrogens with zero attached hydrogens (tertiary/aromatic N) is 3.